The summed E-state index contributed by atoms with van der Waals surface area (Å²) >= 11 is 0. The normalized spacial score (nSPS) is 9.79. The Morgan fingerprint density at radius 1 is 1.21 bits per heavy atom. The lowest BCUT2D eigenvalue weighted by Gasteiger charge is -2.06. The van der Waals surface area contributed by atoms with E-state index in [9.17, 15) is 25.0 Å². The van der Waals surface area contributed by atoms with Crippen LogP contribution in [0, 0.1) is 20.2 Å². The molecule has 9 heteroatoms. The maximum Gasteiger partial charge on any atom is 0.338 e. The largest absolute Gasteiger partial charge is 0.485 e. The molecule has 0 aliphatic carbocycles. The molecule has 9 nitrogen and oxygen atoms in total. The molecule has 0 unspecified atom stereocenters. The van der Waals surface area contributed by atoms with Gasteiger partial charge in [-0.1, -0.05) is 0 Å². The topological polar surface area (TPSA) is 122 Å². The van der Waals surface area contributed by atoms with Gasteiger partial charge >= 0.3 is 17.3 Å². The Morgan fingerprint density at radius 2 is 1.68 bits per heavy atom. The highest BCUT2D eigenvalue weighted by Gasteiger charge is 2.29. The van der Waals surface area contributed by atoms with Gasteiger partial charge in [0.15, 0.2) is 0 Å². The van der Waals surface area contributed by atoms with E-state index in [0.717, 1.165) is 19.2 Å². The smallest absolute Gasteiger partial charge is 0.338 e. The van der Waals surface area contributed by atoms with Crippen molar-refractivity contribution < 1.29 is 24.1 Å². The summed E-state index contributed by atoms with van der Waals surface area (Å²) in [5.41, 5.74) is -1.61. The highest BCUT2D eigenvalue weighted by atomic mass is 16.6. The highest BCUT2D eigenvalue weighted by molar-refractivity contribution is 5.92. The first-order valence-electron chi connectivity index (χ1n) is 5.10. The predicted octanol–water partition coefficient (Wildman–Crippen LogP) is 1.69. The minimum atomic E-state index is -0.878. The van der Waals surface area contributed by atoms with Crippen molar-refractivity contribution in [3.8, 4) is 5.75 Å². The van der Waals surface area contributed by atoms with Crippen LogP contribution >= 0.6 is 0 Å². The van der Waals surface area contributed by atoms with Crippen molar-refractivity contribution in [1.82, 2.24) is 0 Å². The van der Waals surface area contributed by atoms with Crippen molar-refractivity contribution in [1.29, 1.82) is 0 Å². The maximum atomic E-state index is 11.5. The molecule has 102 valence electrons. The van der Waals surface area contributed by atoms with E-state index in [1.165, 1.54) is 0 Å². The first-order chi connectivity index (χ1) is 8.92. The van der Waals surface area contributed by atoms with E-state index in [1.807, 2.05) is 0 Å². The van der Waals surface area contributed by atoms with Crippen LogP contribution in [0.15, 0.2) is 12.1 Å². The van der Waals surface area contributed by atoms with E-state index in [2.05, 4.69) is 9.47 Å². The summed E-state index contributed by atoms with van der Waals surface area (Å²) in [6.45, 7) is 1.59. The highest BCUT2D eigenvalue weighted by Crippen LogP contribution is 2.37. The molecule has 0 bridgehead atoms. The number of nitrogens with zero attached hydrogens (tertiary/aromatic N) is 2. The molecule has 0 amide bonds. The molecule has 1 aromatic carbocycles. The predicted molar refractivity (Wildman–Crippen MR) is 62.3 cm³/mol. The SMILES string of the molecule is CCOC(=O)c1cc([N+](=O)[O-])c(OC)c([N+](=O)[O-])c1. The first-order valence-corrected chi connectivity index (χ1v) is 5.10. The Labute approximate surface area is 107 Å². The lowest BCUT2D eigenvalue weighted by molar-refractivity contribution is -0.395. The summed E-state index contributed by atoms with van der Waals surface area (Å²) in [7, 11) is 1.07. The summed E-state index contributed by atoms with van der Waals surface area (Å²) in [6, 6.07) is 1.76. The van der Waals surface area contributed by atoms with Crippen molar-refractivity contribution in [2.24, 2.45) is 0 Å². The van der Waals surface area contributed by atoms with Gasteiger partial charge in [0.1, 0.15) is 0 Å². The Bertz CT molecular complexity index is 506. The minimum Gasteiger partial charge on any atom is -0.485 e. The van der Waals surface area contributed by atoms with Crippen molar-refractivity contribution in [2.45, 2.75) is 6.92 Å². The molecule has 0 N–H and O–H groups in total. The third-order valence-corrected chi connectivity index (χ3v) is 2.16. The van der Waals surface area contributed by atoms with Crippen molar-refractivity contribution in [3.63, 3.8) is 0 Å². The van der Waals surface area contributed by atoms with Gasteiger partial charge in [0.25, 0.3) is 5.75 Å². The molecule has 0 fully saturated rings. The second kappa shape index (κ2) is 5.76. The lowest BCUT2D eigenvalue weighted by atomic mass is 10.1. The number of esters is 1. The zero-order valence-corrected chi connectivity index (χ0v) is 10.1. The number of nitro benzene ring substituents is 2. The van der Waals surface area contributed by atoms with Crippen LogP contribution in [0.5, 0.6) is 5.75 Å². The van der Waals surface area contributed by atoms with Gasteiger partial charge in [-0.25, -0.2) is 4.79 Å². The number of ether oxygens (including phenoxy) is 2. The third-order valence-electron chi connectivity index (χ3n) is 2.16. The van der Waals surface area contributed by atoms with Crippen LogP contribution in [0.4, 0.5) is 11.4 Å². The third kappa shape index (κ3) is 2.94. The summed E-state index contributed by atoms with van der Waals surface area (Å²) in [4.78, 5) is 31.4. The number of rotatable bonds is 5. The summed E-state index contributed by atoms with van der Waals surface area (Å²) in [5, 5.41) is 21.7. The van der Waals surface area contributed by atoms with Crippen LogP contribution in [0.1, 0.15) is 17.3 Å². The number of carbonyl (C=O) groups is 1. The van der Waals surface area contributed by atoms with E-state index < -0.39 is 32.9 Å². The van der Waals surface area contributed by atoms with Gasteiger partial charge in [0, 0.05) is 12.1 Å². The first kappa shape index (κ1) is 14.4. The molecular weight excluding hydrogens is 260 g/mol. The molecule has 0 saturated carbocycles. The zero-order valence-electron chi connectivity index (χ0n) is 10.1. The molecule has 19 heavy (non-hydrogen) atoms. The number of hydrogen-bond acceptors (Lipinski definition) is 7. The summed E-state index contributed by atoms with van der Waals surface area (Å²) in [5.74, 6) is -1.39. The summed E-state index contributed by atoms with van der Waals surface area (Å²) in [6.07, 6.45) is 0. The molecule has 0 radical (unpaired) electrons. The monoisotopic (exact) mass is 270 g/mol. The molecule has 0 aliphatic heterocycles. The zero-order chi connectivity index (χ0) is 14.6. The second-order valence-electron chi connectivity index (χ2n) is 3.28. The molecule has 0 heterocycles. The number of hydrogen-bond donors (Lipinski definition) is 0. The number of methoxy groups -OCH3 is 1. The quantitative estimate of drug-likeness (QED) is 0.453. The Hall–Kier alpha value is -2.71. The van der Waals surface area contributed by atoms with Gasteiger partial charge < -0.3 is 9.47 Å². The average Bonchev–Trinajstić information content (AvgIpc) is 2.36. The molecular formula is C10H10N2O7. The maximum absolute atomic E-state index is 11.5. The average molecular weight is 270 g/mol. The molecule has 0 saturated heterocycles. The Kier molecular flexibility index (Phi) is 4.35. The molecule has 0 spiro atoms. The van der Waals surface area contributed by atoms with E-state index in [1.54, 1.807) is 6.92 Å². The van der Waals surface area contributed by atoms with Crippen LogP contribution in [0.3, 0.4) is 0 Å². The van der Waals surface area contributed by atoms with E-state index in [4.69, 9.17) is 0 Å². The van der Waals surface area contributed by atoms with Crippen LogP contribution in [0.2, 0.25) is 0 Å². The standard InChI is InChI=1S/C10H10N2O7/c1-3-19-10(13)6-4-7(11(14)15)9(18-2)8(5-6)12(16)17/h4-5H,3H2,1-2H3. The van der Waals surface area contributed by atoms with Gasteiger partial charge in [0.05, 0.1) is 29.1 Å². The summed E-state index contributed by atoms with van der Waals surface area (Å²) < 4.78 is 9.30. The van der Waals surface area contributed by atoms with Crippen LogP contribution < -0.4 is 4.74 Å². The van der Waals surface area contributed by atoms with E-state index >= 15 is 0 Å². The van der Waals surface area contributed by atoms with Crippen LogP contribution in [-0.4, -0.2) is 29.5 Å². The van der Waals surface area contributed by atoms with E-state index in [-0.39, 0.29) is 12.2 Å². The van der Waals surface area contributed by atoms with Gasteiger partial charge in [-0.05, 0) is 6.92 Å². The fourth-order valence-corrected chi connectivity index (χ4v) is 1.41. The van der Waals surface area contributed by atoms with Crippen molar-refractivity contribution in [2.75, 3.05) is 13.7 Å². The van der Waals surface area contributed by atoms with Gasteiger partial charge in [-0.15, -0.1) is 0 Å². The molecule has 0 aromatic heterocycles. The molecule has 0 atom stereocenters. The fraction of sp³-hybridized carbons (Fsp3) is 0.300. The van der Waals surface area contributed by atoms with Crippen molar-refractivity contribution >= 4 is 17.3 Å². The molecule has 0 aliphatic rings. The number of carbonyl (C=O) groups excluding carboxylic acids is 1. The number of nitro groups is 2. The van der Waals surface area contributed by atoms with Gasteiger partial charge in [-0.3, -0.25) is 20.2 Å². The second-order valence-corrected chi connectivity index (χ2v) is 3.28. The minimum absolute atomic E-state index is 0.0481. The fourth-order valence-electron chi connectivity index (χ4n) is 1.41. The molecule has 1 rings (SSSR count). The Morgan fingerprint density at radius 3 is 2.00 bits per heavy atom. The van der Waals surface area contributed by atoms with Crippen LogP contribution in [-0.2, 0) is 4.74 Å². The van der Waals surface area contributed by atoms with Crippen LogP contribution in [0.25, 0.3) is 0 Å². The van der Waals surface area contributed by atoms with Gasteiger partial charge in [-0.2, -0.15) is 0 Å². The Balaban J connectivity index is 3.49. The van der Waals surface area contributed by atoms with Crippen molar-refractivity contribution in [3.05, 3.63) is 37.9 Å². The molecule has 1 aromatic rings. The lowest BCUT2D eigenvalue weighted by Crippen LogP contribution is -2.07. The number of benzene rings is 1. The van der Waals surface area contributed by atoms with E-state index in [0.29, 0.717) is 0 Å². The van der Waals surface area contributed by atoms with Gasteiger partial charge in [0.2, 0.25) is 0 Å².